The standard InChI is InChI=1S/C16H30N2O7/c1-16(2,3)25-15(22)17-8-6-5-7-12(14(20)21)18-13(19)11-24-10-9-23-4/h12H,5-11H2,1-4H3,(H,17,22)(H,18,19)(H,20,21)/t12-/m0/s1. The molecule has 3 N–H and O–H groups in total. The minimum atomic E-state index is -1.11. The highest BCUT2D eigenvalue weighted by atomic mass is 16.6. The fraction of sp³-hybridized carbons (Fsp3) is 0.812. The van der Waals surface area contributed by atoms with Gasteiger partial charge in [-0.25, -0.2) is 9.59 Å². The number of nitrogens with one attached hydrogen (secondary N) is 2. The summed E-state index contributed by atoms with van der Waals surface area (Å²) in [5.41, 5.74) is -0.561. The van der Waals surface area contributed by atoms with Gasteiger partial charge in [0.15, 0.2) is 0 Å². The molecule has 0 bridgehead atoms. The van der Waals surface area contributed by atoms with E-state index in [1.165, 1.54) is 7.11 Å². The number of alkyl carbamates (subject to hydrolysis) is 1. The molecular weight excluding hydrogens is 332 g/mol. The second-order valence-corrected chi connectivity index (χ2v) is 6.43. The summed E-state index contributed by atoms with van der Waals surface area (Å²) in [4.78, 5) is 34.2. The molecule has 0 radical (unpaired) electrons. The van der Waals surface area contributed by atoms with E-state index in [2.05, 4.69) is 10.6 Å². The van der Waals surface area contributed by atoms with Gasteiger partial charge in [-0.2, -0.15) is 0 Å². The van der Waals surface area contributed by atoms with E-state index < -0.39 is 29.6 Å². The number of hydrogen-bond donors (Lipinski definition) is 3. The second kappa shape index (κ2) is 12.5. The number of carbonyl (C=O) groups excluding carboxylic acids is 2. The van der Waals surface area contributed by atoms with Crippen molar-refractivity contribution in [2.45, 2.75) is 51.7 Å². The minimum Gasteiger partial charge on any atom is -0.480 e. The topological polar surface area (TPSA) is 123 Å². The van der Waals surface area contributed by atoms with E-state index in [1.54, 1.807) is 20.8 Å². The lowest BCUT2D eigenvalue weighted by Crippen LogP contribution is -2.42. The highest BCUT2D eigenvalue weighted by Crippen LogP contribution is 2.06. The Morgan fingerprint density at radius 2 is 1.80 bits per heavy atom. The van der Waals surface area contributed by atoms with Crippen LogP contribution in [0.25, 0.3) is 0 Å². The zero-order valence-electron chi connectivity index (χ0n) is 15.4. The minimum absolute atomic E-state index is 0.215. The molecule has 0 rings (SSSR count). The van der Waals surface area contributed by atoms with Crippen LogP contribution in [-0.4, -0.2) is 68.2 Å². The molecule has 0 aromatic rings. The lowest BCUT2D eigenvalue weighted by atomic mass is 10.1. The molecule has 0 aliphatic heterocycles. The number of methoxy groups -OCH3 is 1. The Balaban J connectivity index is 3.95. The summed E-state index contributed by atoms with van der Waals surface area (Å²) < 4.78 is 14.9. The first-order valence-corrected chi connectivity index (χ1v) is 8.21. The van der Waals surface area contributed by atoms with Crippen LogP contribution in [0.2, 0.25) is 0 Å². The first kappa shape index (κ1) is 23.1. The third-order valence-corrected chi connectivity index (χ3v) is 2.89. The second-order valence-electron chi connectivity index (χ2n) is 6.43. The Kier molecular flexibility index (Phi) is 11.6. The molecule has 0 aliphatic rings. The van der Waals surface area contributed by atoms with Gasteiger partial charge in [-0.3, -0.25) is 4.79 Å². The fourth-order valence-electron chi connectivity index (χ4n) is 1.78. The monoisotopic (exact) mass is 362 g/mol. The van der Waals surface area contributed by atoms with Crippen LogP contribution in [0.5, 0.6) is 0 Å². The molecule has 0 aromatic carbocycles. The quantitative estimate of drug-likeness (QED) is 0.441. The Bertz CT molecular complexity index is 421. The van der Waals surface area contributed by atoms with E-state index in [4.69, 9.17) is 19.3 Å². The van der Waals surface area contributed by atoms with Gasteiger partial charge in [0.05, 0.1) is 13.2 Å². The van der Waals surface area contributed by atoms with E-state index in [1.807, 2.05) is 0 Å². The Hall–Kier alpha value is -1.87. The molecule has 0 saturated heterocycles. The van der Waals surface area contributed by atoms with Crippen molar-refractivity contribution in [2.24, 2.45) is 0 Å². The Labute approximate surface area is 148 Å². The maximum Gasteiger partial charge on any atom is 0.407 e. The van der Waals surface area contributed by atoms with Gasteiger partial charge in [-0.1, -0.05) is 0 Å². The lowest BCUT2D eigenvalue weighted by Gasteiger charge is -2.19. The smallest absolute Gasteiger partial charge is 0.407 e. The van der Waals surface area contributed by atoms with Crippen molar-refractivity contribution in [1.29, 1.82) is 0 Å². The van der Waals surface area contributed by atoms with Crippen molar-refractivity contribution in [2.75, 3.05) is 33.5 Å². The molecule has 0 aromatic heterocycles. The molecule has 0 saturated carbocycles. The number of unbranched alkanes of at least 4 members (excludes halogenated alkanes) is 1. The maximum absolute atomic E-state index is 11.6. The number of carboxylic acids is 1. The molecule has 1 atom stereocenters. The summed E-state index contributed by atoms with van der Waals surface area (Å²) in [6, 6.07) is -0.986. The summed E-state index contributed by atoms with van der Waals surface area (Å²) in [5.74, 6) is -1.60. The van der Waals surface area contributed by atoms with E-state index >= 15 is 0 Å². The van der Waals surface area contributed by atoms with Crippen LogP contribution in [0.3, 0.4) is 0 Å². The number of hydrogen-bond acceptors (Lipinski definition) is 6. The van der Waals surface area contributed by atoms with Crippen molar-refractivity contribution < 1.29 is 33.7 Å². The summed E-state index contributed by atoms with van der Waals surface area (Å²) in [7, 11) is 1.52. The van der Waals surface area contributed by atoms with Crippen LogP contribution < -0.4 is 10.6 Å². The van der Waals surface area contributed by atoms with Crippen molar-refractivity contribution in [3.63, 3.8) is 0 Å². The lowest BCUT2D eigenvalue weighted by molar-refractivity contribution is -0.142. The van der Waals surface area contributed by atoms with Crippen molar-refractivity contribution in [1.82, 2.24) is 10.6 Å². The van der Waals surface area contributed by atoms with Crippen LogP contribution in [0, 0.1) is 0 Å². The first-order chi connectivity index (χ1) is 11.7. The van der Waals surface area contributed by atoms with E-state index in [9.17, 15) is 14.4 Å². The summed E-state index contributed by atoms with van der Waals surface area (Å²) in [6.45, 7) is 6.09. The summed E-state index contributed by atoms with van der Waals surface area (Å²) in [5, 5.41) is 14.1. The zero-order valence-corrected chi connectivity index (χ0v) is 15.4. The van der Waals surface area contributed by atoms with Crippen molar-refractivity contribution in [3.8, 4) is 0 Å². The van der Waals surface area contributed by atoms with Gasteiger partial charge in [0.1, 0.15) is 18.2 Å². The van der Waals surface area contributed by atoms with Crippen molar-refractivity contribution >= 4 is 18.0 Å². The van der Waals surface area contributed by atoms with E-state index in [0.717, 1.165) is 0 Å². The highest BCUT2D eigenvalue weighted by Gasteiger charge is 2.19. The number of amides is 2. The Morgan fingerprint density at radius 3 is 2.36 bits per heavy atom. The predicted octanol–water partition coefficient (Wildman–Crippen LogP) is 0.914. The van der Waals surface area contributed by atoms with Crippen LogP contribution in [0.4, 0.5) is 4.79 Å². The van der Waals surface area contributed by atoms with Gasteiger partial charge in [-0.15, -0.1) is 0 Å². The molecule has 9 nitrogen and oxygen atoms in total. The molecule has 146 valence electrons. The van der Waals surface area contributed by atoms with Gasteiger partial charge < -0.3 is 30.0 Å². The van der Waals surface area contributed by atoms with E-state index in [0.29, 0.717) is 26.0 Å². The fourth-order valence-corrected chi connectivity index (χ4v) is 1.78. The number of ether oxygens (including phenoxy) is 3. The first-order valence-electron chi connectivity index (χ1n) is 8.21. The van der Waals surface area contributed by atoms with Gasteiger partial charge in [0.25, 0.3) is 0 Å². The largest absolute Gasteiger partial charge is 0.480 e. The molecule has 0 unspecified atom stereocenters. The van der Waals surface area contributed by atoms with Gasteiger partial charge >= 0.3 is 12.1 Å². The van der Waals surface area contributed by atoms with Crippen LogP contribution >= 0.6 is 0 Å². The third-order valence-electron chi connectivity index (χ3n) is 2.89. The molecule has 0 fully saturated rings. The number of rotatable bonds is 12. The normalized spacial score (nSPS) is 12.3. The van der Waals surface area contributed by atoms with Gasteiger partial charge in [0.2, 0.25) is 5.91 Å². The average Bonchev–Trinajstić information content (AvgIpc) is 2.48. The zero-order chi connectivity index (χ0) is 19.3. The number of aliphatic carboxylic acids is 1. The molecular formula is C16H30N2O7. The molecule has 0 spiro atoms. The Morgan fingerprint density at radius 1 is 1.12 bits per heavy atom. The van der Waals surface area contributed by atoms with Crippen LogP contribution in [0.15, 0.2) is 0 Å². The predicted molar refractivity (Wildman–Crippen MR) is 90.3 cm³/mol. The highest BCUT2D eigenvalue weighted by molar-refractivity contribution is 5.84. The SMILES string of the molecule is COCCOCC(=O)N[C@@H](CCCCNC(=O)OC(C)(C)C)C(=O)O. The molecule has 0 heterocycles. The molecule has 25 heavy (non-hydrogen) atoms. The molecule has 9 heteroatoms. The van der Waals surface area contributed by atoms with Crippen LogP contribution in [0.1, 0.15) is 40.0 Å². The van der Waals surface area contributed by atoms with Gasteiger partial charge in [-0.05, 0) is 40.0 Å². The number of carboxylic acid groups (broad SMARTS) is 1. The summed E-state index contributed by atoms with van der Waals surface area (Å²) in [6.07, 6.45) is 0.847. The summed E-state index contributed by atoms with van der Waals surface area (Å²) >= 11 is 0. The maximum atomic E-state index is 11.6. The third kappa shape index (κ3) is 14.2. The molecule has 2 amide bonds. The van der Waals surface area contributed by atoms with Gasteiger partial charge in [0, 0.05) is 13.7 Å². The van der Waals surface area contributed by atoms with Crippen molar-refractivity contribution in [3.05, 3.63) is 0 Å². The number of carbonyl (C=O) groups is 3. The van der Waals surface area contributed by atoms with E-state index in [-0.39, 0.29) is 19.6 Å². The molecule has 0 aliphatic carbocycles. The van der Waals surface area contributed by atoms with Crippen LogP contribution in [-0.2, 0) is 23.8 Å². The average molecular weight is 362 g/mol.